The quantitative estimate of drug-likeness (QED) is 0.828. The maximum Gasteiger partial charge on any atom is 0.335 e. The smallest absolute Gasteiger partial charge is 0.335 e. The van der Waals surface area contributed by atoms with E-state index in [0.29, 0.717) is 17.7 Å². The highest BCUT2D eigenvalue weighted by Crippen LogP contribution is 2.17. The van der Waals surface area contributed by atoms with E-state index in [9.17, 15) is 9.59 Å². The van der Waals surface area contributed by atoms with Crippen LogP contribution in [0.2, 0.25) is 0 Å². The molecule has 0 aliphatic heterocycles. The molecule has 2 aromatic rings. The van der Waals surface area contributed by atoms with Crippen LogP contribution in [0.3, 0.4) is 0 Å². The molecule has 0 bridgehead atoms. The van der Waals surface area contributed by atoms with Crippen LogP contribution in [-0.4, -0.2) is 28.6 Å². The van der Waals surface area contributed by atoms with E-state index in [4.69, 9.17) is 14.3 Å². The Morgan fingerprint density at radius 2 is 2.22 bits per heavy atom. The third kappa shape index (κ3) is 2.48. The molecule has 6 heteroatoms. The van der Waals surface area contributed by atoms with Crippen LogP contribution >= 0.6 is 0 Å². The third-order valence-electron chi connectivity index (χ3n) is 2.28. The first-order chi connectivity index (χ1) is 8.60. The second kappa shape index (κ2) is 4.87. The number of benzene rings is 1. The summed E-state index contributed by atoms with van der Waals surface area (Å²) in [5.74, 6) is -1.25. The van der Waals surface area contributed by atoms with Crippen molar-refractivity contribution in [2.45, 2.75) is 13.3 Å². The van der Waals surface area contributed by atoms with Crippen LogP contribution < -0.4 is 0 Å². The zero-order valence-corrected chi connectivity index (χ0v) is 9.67. The summed E-state index contributed by atoms with van der Waals surface area (Å²) in [6, 6.07) is 4.33. The van der Waals surface area contributed by atoms with Gasteiger partial charge in [-0.1, -0.05) is 0 Å². The van der Waals surface area contributed by atoms with Gasteiger partial charge >= 0.3 is 11.9 Å². The van der Waals surface area contributed by atoms with E-state index in [1.807, 2.05) is 0 Å². The van der Waals surface area contributed by atoms with Gasteiger partial charge in [-0.2, -0.15) is 0 Å². The minimum absolute atomic E-state index is 0.0646. The summed E-state index contributed by atoms with van der Waals surface area (Å²) in [5.41, 5.74) is 0.979. The van der Waals surface area contributed by atoms with Crippen molar-refractivity contribution < 1.29 is 23.8 Å². The van der Waals surface area contributed by atoms with E-state index in [0.717, 1.165) is 0 Å². The Kier molecular flexibility index (Phi) is 3.27. The molecule has 0 saturated heterocycles. The molecule has 6 nitrogen and oxygen atoms in total. The Balaban J connectivity index is 2.27. The number of esters is 1. The van der Waals surface area contributed by atoms with Crippen molar-refractivity contribution in [3.05, 3.63) is 29.7 Å². The summed E-state index contributed by atoms with van der Waals surface area (Å²) in [6.45, 7) is 2.01. The van der Waals surface area contributed by atoms with Gasteiger partial charge in [0.25, 0.3) is 0 Å². The Morgan fingerprint density at radius 1 is 1.44 bits per heavy atom. The lowest BCUT2D eigenvalue weighted by molar-refractivity contribution is -0.142. The van der Waals surface area contributed by atoms with Crippen LogP contribution in [0.25, 0.3) is 11.1 Å². The molecule has 0 aliphatic carbocycles. The summed E-state index contributed by atoms with van der Waals surface area (Å²) >= 11 is 0. The SMILES string of the molecule is CCOC(=O)Cc1nc2cc(C(=O)O)ccc2o1. The predicted molar refractivity (Wildman–Crippen MR) is 61.3 cm³/mol. The fourth-order valence-corrected chi connectivity index (χ4v) is 1.52. The number of carboxylic acid groups (broad SMARTS) is 1. The average molecular weight is 249 g/mol. The predicted octanol–water partition coefficient (Wildman–Crippen LogP) is 1.63. The lowest BCUT2D eigenvalue weighted by atomic mass is 10.2. The van der Waals surface area contributed by atoms with Crippen molar-refractivity contribution in [2.24, 2.45) is 0 Å². The third-order valence-corrected chi connectivity index (χ3v) is 2.28. The molecule has 2 rings (SSSR count). The molecule has 94 valence electrons. The minimum Gasteiger partial charge on any atom is -0.478 e. The number of carboxylic acids is 1. The maximum absolute atomic E-state index is 11.2. The fraction of sp³-hybridized carbons (Fsp3) is 0.250. The topological polar surface area (TPSA) is 89.6 Å². The Labute approximate surface area is 102 Å². The molecule has 0 unspecified atom stereocenters. The molecule has 0 amide bonds. The molecule has 0 saturated carbocycles. The molecule has 0 atom stereocenters. The van der Waals surface area contributed by atoms with Crippen molar-refractivity contribution >= 4 is 23.0 Å². The van der Waals surface area contributed by atoms with Crippen LogP contribution in [0.1, 0.15) is 23.2 Å². The molecule has 1 heterocycles. The normalized spacial score (nSPS) is 10.5. The van der Waals surface area contributed by atoms with Gasteiger partial charge in [-0.05, 0) is 25.1 Å². The number of aromatic carboxylic acids is 1. The van der Waals surface area contributed by atoms with E-state index in [1.54, 1.807) is 6.92 Å². The number of fused-ring (bicyclic) bond motifs is 1. The first-order valence-electron chi connectivity index (χ1n) is 5.38. The minimum atomic E-state index is -1.04. The van der Waals surface area contributed by atoms with Crippen LogP contribution in [0.5, 0.6) is 0 Å². The Bertz CT molecular complexity index is 602. The van der Waals surface area contributed by atoms with Gasteiger partial charge in [0.2, 0.25) is 5.89 Å². The summed E-state index contributed by atoms with van der Waals surface area (Å²) in [5, 5.41) is 8.83. The van der Waals surface area contributed by atoms with Gasteiger partial charge in [-0.15, -0.1) is 0 Å². The molecule has 0 fully saturated rings. The standard InChI is InChI=1S/C12H11NO5/c1-2-17-11(14)6-10-13-8-5-7(12(15)16)3-4-9(8)18-10/h3-5H,2,6H2,1H3,(H,15,16). The number of oxazole rings is 1. The average Bonchev–Trinajstić information content (AvgIpc) is 2.69. The highest BCUT2D eigenvalue weighted by Gasteiger charge is 2.13. The van der Waals surface area contributed by atoms with Crippen LogP contribution in [-0.2, 0) is 16.0 Å². The summed E-state index contributed by atoms with van der Waals surface area (Å²) in [4.78, 5) is 26.1. The molecular weight excluding hydrogens is 238 g/mol. The Hall–Kier alpha value is -2.37. The number of carbonyl (C=O) groups excluding carboxylic acids is 1. The number of ether oxygens (including phenoxy) is 1. The van der Waals surface area contributed by atoms with Crippen molar-refractivity contribution in [2.75, 3.05) is 6.61 Å². The number of nitrogens with zero attached hydrogens (tertiary/aromatic N) is 1. The number of carbonyl (C=O) groups is 2. The van der Waals surface area contributed by atoms with E-state index in [-0.39, 0.29) is 17.9 Å². The second-order valence-corrected chi connectivity index (χ2v) is 3.58. The molecule has 0 aliphatic rings. The first kappa shape index (κ1) is 12.1. The van der Waals surface area contributed by atoms with Crippen molar-refractivity contribution in [1.29, 1.82) is 0 Å². The molecule has 1 aromatic carbocycles. The summed E-state index contributed by atoms with van der Waals surface area (Å²) in [7, 11) is 0. The molecule has 0 spiro atoms. The van der Waals surface area contributed by atoms with Gasteiger partial charge in [0, 0.05) is 0 Å². The van der Waals surface area contributed by atoms with Crippen LogP contribution in [0, 0.1) is 0 Å². The van der Waals surface area contributed by atoms with E-state index in [2.05, 4.69) is 4.98 Å². The molecule has 0 radical (unpaired) electrons. The van der Waals surface area contributed by atoms with Crippen molar-refractivity contribution in [1.82, 2.24) is 4.98 Å². The molecular formula is C12H11NO5. The molecule has 1 N–H and O–H groups in total. The number of hydrogen-bond donors (Lipinski definition) is 1. The summed E-state index contributed by atoms with van der Waals surface area (Å²) in [6.07, 6.45) is -0.0646. The van der Waals surface area contributed by atoms with Gasteiger partial charge in [-0.3, -0.25) is 4.79 Å². The Morgan fingerprint density at radius 3 is 2.89 bits per heavy atom. The second-order valence-electron chi connectivity index (χ2n) is 3.58. The largest absolute Gasteiger partial charge is 0.478 e. The van der Waals surface area contributed by atoms with Gasteiger partial charge in [-0.25, -0.2) is 9.78 Å². The van der Waals surface area contributed by atoms with Gasteiger partial charge in [0.05, 0.1) is 12.2 Å². The first-order valence-corrected chi connectivity index (χ1v) is 5.38. The van der Waals surface area contributed by atoms with E-state index >= 15 is 0 Å². The maximum atomic E-state index is 11.2. The lowest BCUT2D eigenvalue weighted by Crippen LogP contribution is -2.07. The van der Waals surface area contributed by atoms with Gasteiger partial charge in [0.15, 0.2) is 5.58 Å². The number of aromatic nitrogens is 1. The monoisotopic (exact) mass is 249 g/mol. The fourth-order valence-electron chi connectivity index (χ4n) is 1.52. The number of rotatable bonds is 4. The molecule has 18 heavy (non-hydrogen) atoms. The van der Waals surface area contributed by atoms with Crippen LogP contribution in [0.15, 0.2) is 22.6 Å². The molecule has 1 aromatic heterocycles. The zero-order valence-electron chi connectivity index (χ0n) is 9.67. The van der Waals surface area contributed by atoms with Gasteiger partial charge in [0.1, 0.15) is 11.9 Å². The lowest BCUT2D eigenvalue weighted by Gasteiger charge is -1.96. The van der Waals surface area contributed by atoms with Gasteiger partial charge < -0.3 is 14.3 Å². The zero-order chi connectivity index (χ0) is 13.1. The van der Waals surface area contributed by atoms with E-state index in [1.165, 1.54) is 18.2 Å². The highest BCUT2D eigenvalue weighted by molar-refractivity contribution is 5.91. The van der Waals surface area contributed by atoms with Crippen LogP contribution in [0.4, 0.5) is 0 Å². The van der Waals surface area contributed by atoms with Crippen molar-refractivity contribution in [3.8, 4) is 0 Å². The van der Waals surface area contributed by atoms with Crippen molar-refractivity contribution in [3.63, 3.8) is 0 Å². The highest BCUT2D eigenvalue weighted by atomic mass is 16.5. The number of hydrogen-bond acceptors (Lipinski definition) is 5. The van der Waals surface area contributed by atoms with E-state index < -0.39 is 11.9 Å². The summed E-state index contributed by atoms with van der Waals surface area (Å²) < 4.78 is 10.1.